The minimum absolute atomic E-state index is 0.437. The first kappa shape index (κ1) is 27.7. The summed E-state index contributed by atoms with van der Waals surface area (Å²) in [5.41, 5.74) is 3.12. The van der Waals surface area contributed by atoms with Crippen LogP contribution < -0.4 is 0 Å². The van der Waals surface area contributed by atoms with Crippen molar-refractivity contribution in [3.63, 3.8) is 0 Å². The van der Waals surface area contributed by atoms with Gasteiger partial charge in [-0.3, -0.25) is 0 Å². The summed E-state index contributed by atoms with van der Waals surface area (Å²) < 4.78 is 0. The molecule has 5 rings (SSSR count). The lowest BCUT2D eigenvalue weighted by molar-refractivity contribution is -0.0263. The molecule has 0 saturated carbocycles. The Morgan fingerprint density at radius 2 is 1.32 bits per heavy atom. The molecule has 202 valence electrons. The van der Waals surface area contributed by atoms with Crippen molar-refractivity contribution in [1.29, 1.82) is 0 Å². The summed E-state index contributed by atoms with van der Waals surface area (Å²) in [4.78, 5) is 5.16. The third kappa shape index (κ3) is 7.00. The molecule has 1 N–H and O–H groups in total. The molecule has 0 aliphatic carbocycles. The summed E-state index contributed by atoms with van der Waals surface area (Å²) in [5, 5.41) is 12.5. The summed E-state index contributed by atoms with van der Waals surface area (Å²) in [7, 11) is 0. The molecule has 5 heteroatoms. The fourth-order valence-corrected chi connectivity index (χ4v) is 6.63. The maximum absolute atomic E-state index is 11.2. The van der Waals surface area contributed by atoms with E-state index >= 15 is 0 Å². The van der Waals surface area contributed by atoms with E-state index in [0.717, 1.165) is 70.5 Å². The number of hydrogen-bond acceptors (Lipinski definition) is 3. The molecule has 2 heterocycles. The minimum Gasteiger partial charge on any atom is -0.385 e. The van der Waals surface area contributed by atoms with Crippen LogP contribution in [0.4, 0.5) is 0 Å². The molecule has 1 unspecified atom stereocenters. The quantitative estimate of drug-likeness (QED) is 0.295. The van der Waals surface area contributed by atoms with Crippen LogP contribution in [0.3, 0.4) is 0 Å². The van der Waals surface area contributed by atoms with Gasteiger partial charge in [0.1, 0.15) is 0 Å². The van der Waals surface area contributed by atoms with Gasteiger partial charge < -0.3 is 14.9 Å². The van der Waals surface area contributed by atoms with Crippen LogP contribution in [0.2, 0.25) is 10.0 Å². The summed E-state index contributed by atoms with van der Waals surface area (Å²) in [5.74, 6) is 1.12. The maximum atomic E-state index is 11.2. The molecule has 0 amide bonds. The predicted octanol–water partition coefficient (Wildman–Crippen LogP) is 7.72. The van der Waals surface area contributed by atoms with Crippen LogP contribution in [0.25, 0.3) is 0 Å². The standard InChI is InChI=1S/C33H40Cl2N2O/c34-31-12-11-29(25-32(31)35)28(15-21-36-19-13-27(14-20-36)26-7-3-1-4-8-26)16-22-37-23-17-33(38,18-24-37)30-9-5-2-6-10-30/h1-12,25,27-28,38H,13-24H2. The van der Waals surface area contributed by atoms with Crippen LogP contribution in [-0.2, 0) is 5.60 Å². The number of benzene rings is 3. The summed E-state index contributed by atoms with van der Waals surface area (Å²) in [6.45, 7) is 6.32. The molecule has 1 atom stereocenters. The van der Waals surface area contributed by atoms with E-state index < -0.39 is 5.60 Å². The normalized spacial score (nSPS) is 19.9. The number of hydrogen-bond donors (Lipinski definition) is 1. The van der Waals surface area contributed by atoms with Crippen LogP contribution in [-0.4, -0.2) is 54.2 Å². The van der Waals surface area contributed by atoms with Crippen molar-refractivity contribution >= 4 is 23.2 Å². The van der Waals surface area contributed by atoms with Gasteiger partial charge in [0, 0.05) is 13.1 Å². The fraction of sp³-hybridized carbons (Fsp3) is 0.455. The molecular weight excluding hydrogens is 511 g/mol. The van der Waals surface area contributed by atoms with E-state index in [9.17, 15) is 5.11 Å². The Bertz CT molecular complexity index is 1140. The highest BCUT2D eigenvalue weighted by Crippen LogP contribution is 2.35. The highest BCUT2D eigenvalue weighted by atomic mass is 35.5. The molecular formula is C33H40Cl2N2O. The third-order valence-electron chi connectivity index (χ3n) is 8.86. The molecule has 0 spiro atoms. The Kier molecular flexibility index (Phi) is 9.46. The van der Waals surface area contributed by atoms with E-state index in [1.54, 1.807) is 0 Å². The largest absolute Gasteiger partial charge is 0.385 e. The second-order valence-corrected chi connectivity index (χ2v) is 12.0. The Hall–Kier alpha value is -1.88. The van der Waals surface area contributed by atoms with Gasteiger partial charge in [-0.25, -0.2) is 0 Å². The van der Waals surface area contributed by atoms with Gasteiger partial charge in [0.2, 0.25) is 0 Å². The molecule has 3 nitrogen and oxygen atoms in total. The first-order chi connectivity index (χ1) is 18.5. The third-order valence-corrected chi connectivity index (χ3v) is 9.59. The van der Waals surface area contributed by atoms with Crippen molar-refractivity contribution in [2.75, 3.05) is 39.3 Å². The number of rotatable bonds is 9. The van der Waals surface area contributed by atoms with Crippen molar-refractivity contribution < 1.29 is 5.11 Å². The smallest absolute Gasteiger partial charge is 0.0920 e. The number of aliphatic hydroxyl groups is 1. The molecule has 0 aromatic heterocycles. The Labute approximate surface area is 238 Å². The first-order valence-electron chi connectivity index (χ1n) is 14.2. The number of nitrogens with zero attached hydrogens (tertiary/aromatic N) is 2. The maximum Gasteiger partial charge on any atom is 0.0920 e. The summed E-state index contributed by atoms with van der Waals surface area (Å²) in [6.07, 6.45) is 6.24. The van der Waals surface area contributed by atoms with Crippen LogP contribution in [0, 0.1) is 0 Å². The molecule has 3 aromatic carbocycles. The van der Waals surface area contributed by atoms with Gasteiger partial charge >= 0.3 is 0 Å². The van der Waals surface area contributed by atoms with Crippen molar-refractivity contribution in [3.05, 3.63) is 106 Å². The average Bonchev–Trinajstić information content (AvgIpc) is 2.97. The highest BCUT2D eigenvalue weighted by molar-refractivity contribution is 6.42. The van der Waals surface area contributed by atoms with E-state index in [4.69, 9.17) is 23.2 Å². The monoisotopic (exact) mass is 550 g/mol. The number of piperidine rings is 2. The lowest BCUT2D eigenvalue weighted by Crippen LogP contribution is -2.43. The van der Waals surface area contributed by atoms with E-state index in [1.165, 1.54) is 24.0 Å². The molecule has 2 saturated heterocycles. The van der Waals surface area contributed by atoms with Gasteiger partial charge in [-0.1, -0.05) is 89.9 Å². The van der Waals surface area contributed by atoms with Crippen molar-refractivity contribution in [2.24, 2.45) is 0 Å². The zero-order valence-electron chi connectivity index (χ0n) is 22.2. The van der Waals surface area contributed by atoms with E-state index in [2.05, 4.69) is 64.4 Å². The van der Waals surface area contributed by atoms with Gasteiger partial charge in [0.25, 0.3) is 0 Å². The van der Waals surface area contributed by atoms with Crippen molar-refractivity contribution in [2.45, 2.75) is 56.0 Å². The topological polar surface area (TPSA) is 26.7 Å². The van der Waals surface area contributed by atoms with Crippen molar-refractivity contribution in [3.8, 4) is 0 Å². The second-order valence-electron chi connectivity index (χ2n) is 11.2. The SMILES string of the molecule is OC1(c2ccccc2)CCN(CCC(CCN2CCC(c3ccccc3)CC2)c2ccc(Cl)c(Cl)c2)CC1. The fourth-order valence-electron chi connectivity index (χ4n) is 6.32. The van der Waals surface area contributed by atoms with Gasteiger partial charge in [0.05, 0.1) is 15.6 Å². The molecule has 2 aliphatic heterocycles. The van der Waals surface area contributed by atoms with Crippen LogP contribution in [0.15, 0.2) is 78.9 Å². The minimum atomic E-state index is -0.702. The van der Waals surface area contributed by atoms with Crippen LogP contribution in [0.5, 0.6) is 0 Å². The van der Waals surface area contributed by atoms with Crippen LogP contribution >= 0.6 is 23.2 Å². The molecule has 38 heavy (non-hydrogen) atoms. The molecule has 3 aromatic rings. The van der Waals surface area contributed by atoms with Crippen molar-refractivity contribution in [1.82, 2.24) is 9.80 Å². The Balaban J connectivity index is 1.16. The van der Waals surface area contributed by atoms with Gasteiger partial charge in [0.15, 0.2) is 0 Å². The predicted molar refractivity (Wildman–Crippen MR) is 159 cm³/mol. The first-order valence-corrected chi connectivity index (χ1v) is 15.0. The van der Waals surface area contributed by atoms with E-state index in [0.29, 0.717) is 21.9 Å². The summed E-state index contributed by atoms with van der Waals surface area (Å²) in [6, 6.07) is 27.3. The zero-order chi connectivity index (χ0) is 26.4. The molecule has 2 fully saturated rings. The van der Waals surface area contributed by atoms with Gasteiger partial charge in [-0.15, -0.1) is 0 Å². The number of likely N-dealkylation sites (tertiary alicyclic amines) is 2. The van der Waals surface area contributed by atoms with E-state index in [1.807, 2.05) is 24.3 Å². The Morgan fingerprint density at radius 1 is 0.737 bits per heavy atom. The number of halogens is 2. The lowest BCUT2D eigenvalue weighted by atomic mass is 9.84. The highest BCUT2D eigenvalue weighted by Gasteiger charge is 2.34. The molecule has 2 aliphatic rings. The lowest BCUT2D eigenvalue weighted by Gasteiger charge is -2.39. The van der Waals surface area contributed by atoms with Crippen LogP contribution in [0.1, 0.15) is 67.1 Å². The van der Waals surface area contributed by atoms with Gasteiger partial charge in [-0.2, -0.15) is 0 Å². The van der Waals surface area contributed by atoms with E-state index in [-0.39, 0.29) is 0 Å². The zero-order valence-corrected chi connectivity index (χ0v) is 23.8. The average molecular weight is 552 g/mol. The Morgan fingerprint density at radius 3 is 1.92 bits per heavy atom. The summed E-state index contributed by atoms with van der Waals surface area (Å²) >= 11 is 12.7. The van der Waals surface area contributed by atoms with Gasteiger partial charge in [-0.05, 0) is 105 Å². The molecule has 0 radical (unpaired) electrons. The molecule has 0 bridgehead atoms. The second kappa shape index (κ2) is 13.0.